The number of hydrogen-bond acceptors (Lipinski definition) is 2. The van der Waals surface area contributed by atoms with Gasteiger partial charge in [-0.25, -0.2) is 0 Å². The van der Waals surface area contributed by atoms with Gasteiger partial charge in [0, 0.05) is 32.7 Å². The molecule has 2 unspecified atom stereocenters. The molecule has 1 amide bonds. The van der Waals surface area contributed by atoms with Crippen molar-refractivity contribution in [2.45, 2.75) is 105 Å². The number of nitrogens with one attached hydrogen (secondary N) is 2. The number of benzene rings is 2. The Bertz CT molecular complexity index is 1820. The SMILES string of the molecule is COc1ccc(NC(=O)[C@]23CC[C@@H](C)[C@H](C)[C@H]2C2=CC[C@@H]4C5(C)Cc6c([nH]c7ccc(Cl)cc67)C(C)(C)C5CC[C@@]4(C)[C@]2(C)CC3)cc1. The molecule has 5 aliphatic rings. The van der Waals surface area contributed by atoms with Crippen LogP contribution in [0.15, 0.2) is 54.1 Å². The maximum Gasteiger partial charge on any atom is 0.231 e. The van der Waals surface area contributed by atoms with Crippen LogP contribution in [0.4, 0.5) is 5.69 Å². The van der Waals surface area contributed by atoms with Crippen LogP contribution in [0, 0.1) is 51.2 Å². The average molecular weight is 667 g/mol. The summed E-state index contributed by atoms with van der Waals surface area (Å²) in [5, 5.41) is 5.53. The minimum atomic E-state index is -0.369. The number of anilines is 1. The smallest absolute Gasteiger partial charge is 0.231 e. The summed E-state index contributed by atoms with van der Waals surface area (Å²) in [6.45, 7) is 17.8. The van der Waals surface area contributed by atoms with Gasteiger partial charge in [-0.3, -0.25) is 4.79 Å². The van der Waals surface area contributed by atoms with Crippen molar-refractivity contribution in [3.63, 3.8) is 0 Å². The van der Waals surface area contributed by atoms with E-state index in [1.807, 2.05) is 30.3 Å². The molecule has 5 heteroatoms. The third kappa shape index (κ3) is 4.17. The summed E-state index contributed by atoms with van der Waals surface area (Å²) in [5.74, 6) is 3.54. The number of fused-ring (bicyclic) bond motifs is 10. The zero-order valence-corrected chi connectivity index (χ0v) is 31.1. The third-order valence-electron chi connectivity index (χ3n) is 16.0. The van der Waals surface area contributed by atoms with E-state index in [1.165, 1.54) is 35.0 Å². The highest BCUT2D eigenvalue weighted by atomic mass is 35.5. The van der Waals surface area contributed by atoms with E-state index in [0.29, 0.717) is 23.7 Å². The van der Waals surface area contributed by atoms with Crippen LogP contribution >= 0.6 is 11.6 Å². The van der Waals surface area contributed by atoms with Crippen LogP contribution in [0.2, 0.25) is 5.02 Å². The molecule has 0 spiro atoms. The van der Waals surface area contributed by atoms with Crippen LogP contribution in [0.3, 0.4) is 0 Å². The lowest BCUT2D eigenvalue weighted by Gasteiger charge is -2.71. The van der Waals surface area contributed by atoms with Gasteiger partial charge in [0.2, 0.25) is 5.91 Å². The van der Waals surface area contributed by atoms with Gasteiger partial charge in [0.1, 0.15) is 5.75 Å². The van der Waals surface area contributed by atoms with Crippen molar-refractivity contribution in [2.75, 3.05) is 12.4 Å². The molecule has 4 nitrogen and oxygen atoms in total. The Labute approximate surface area is 292 Å². The van der Waals surface area contributed by atoms with Crippen LogP contribution in [-0.2, 0) is 16.6 Å². The predicted molar refractivity (Wildman–Crippen MR) is 198 cm³/mol. The van der Waals surface area contributed by atoms with E-state index in [-0.39, 0.29) is 38.9 Å². The summed E-state index contributed by atoms with van der Waals surface area (Å²) < 4.78 is 5.39. The largest absolute Gasteiger partial charge is 0.497 e. The fraction of sp³-hybridized carbons (Fsp3) is 0.605. The molecule has 5 aliphatic carbocycles. The summed E-state index contributed by atoms with van der Waals surface area (Å²) in [6, 6.07) is 14.2. The van der Waals surface area contributed by atoms with Crippen molar-refractivity contribution in [1.29, 1.82) is 0 Å². The highest BCUT2D eigenvalue weighted by Gasteiger charge is 2.69. The van der Waals surface area contributed by atoms with E-state index in [0.717, 1.165) is 55.0 Å². The van der Waals surface area contributed by atoms with Crippen LogP contribution in [-0.4, -0.2) is 18.0 Å². The van der Waals surface area contributed by atoms with E-state index < -0.39 is 0 Å². The van der Waals surface area contributed by atoms with Crippen molar-refractivity contribution < 1.29 is 9.53 Å². The number of allylic oxidation sites excluding steroid dienone is 2. The Morgan fingerprint density at radius 1 is 0.938 bits per heavy atom. The Balaban J connectivity index is 1.20. The number of carbonyl (C=O) groups is 1. The molecule has 48 heavy (non-hydrogen) atoms. The molecule has 1 heterocycles. The average Bonchev–Trinajstić information content (AvgIpc) is 3.41. The number of amides is 1. The van der Waals surface area contributed by atoms with Gasteiger partial charge in [0.05, 0.1) is 12.5 Å². The van der Waals surface area contributed by atoms with Gasteiger partial charge in [0.15, 0.2) is 0 Å². The Kier molecular flexibility index (Phi) is 7.20. The molecule has 2 aromatic carbocycles. The zero-order chi connectivity index (χ0) is 34.0. The number of H-pyrrole nitrogens is 1. The fourth-order valence-corrected chi connectivity index (χ4v) is 13.3. The quantitative estimate of drug-likeness (QED) is 0.273. The Morgan fingerprint density at radius 3 is 2.42 bits per heavy atom. The van der Waals surface area contributed by atoms with Gasteiger partial charge in [-0.1, -0.05) is 71.7 Å². The number of carbonyl (C=O) groups excluding carboxylic acids is 1. The lowest BCUT2D eigenvalue weighted by atomic mass is 9.33. The van der Waals surface area contributed by atoms with Gasteiger partial charge < -0.3 is 15.0 Å². The second-order valence-electron chi connectivity index (χ2n) is 18.1. The highest BCUT2D eigenvalue weighted by Crippen LogP contribution is 2.75. The number of rotatable bonds is 3. The van der Waals surface area contributed by atoms with Gasteiger partial charge in [-0.2, -0.15) is 0 Å². The van der Waals surface area contributed by atoms with Crippen molar-refractivity contribution in [3.8, 4) is 5.75 Å². The van der Waals surface area contributed by atoms with Crippen LogP contribution < -0.4 is 10.1 Å². The van der Waals surface area contributed by atoms with Gasteiger partial charge in [-0.05, 0) is 145 Å². The molecule has 1 aromatic heterocycles. The Hall–Kier alpha value is -2.72. The summed E-state index contributed by atoms with van der Waals surface area (Å²) in [4.78, 5) is 18.5. The molecule has 0 radical (unpaired) electrons. The highest BCUT2D eigenvalue weighted by molar-refractivity contribution is 6.31. The van der Waals surface area contributed by atoms with Crippen LogP contribution in [0.25, 0.3) is 10.9 Å². The minimum Gasteiger partial charge on any atom is -0.497 e. The summed E-state index contributed by atoms with van der Waals surface area (Å²) in [5.41, 5.74) is 6.70. The molecule has 0 aliphatic heterocycles. The normalized spacial score (nSPS) is 39.6. The second-order valence-corrected chi connectivity index (χ2v) is 18.5. The zero-order valence-electron chi connectivity index (χ0n) is 30.4. The molecule has 3 fully saturated rings. The lowest BCUT2D eigenvalue weighted by molar-refractivity contribution is -0.167. The maximum atomic E-state index is 14.6. The monoisotopic (exact) mass is 666 g/mol. The maximum absolute atomic E-state index is 14.6. The van der Waals surface area contributed by atoms with Crippen molar-refractivity contribution in [1.82, 2.24) is 4.98 Å². The molecule has 256 valence electrons. The molecule has 3 aromatic rings. The first-order valence-electron chi connectivity index (χ1n) is 18.7. The minimum absolute atomic E-state index is 0.0502. The standard InChI is InChI=1S/C43H55ClN2O2/c1-25-17-20-43(38(47)45-28-10-12-29(48-8)13-11-28)22-21-41(6)32(36(43)26(25)2)14-16-35-40(5)24-31-30-23-27(44)9-15-33(30)46-37(31)39(3,4)34(40)18-19-42(35,41)7/h9-15,23,25-26,34-36,46H,16-22,24H2,1-8H3,(H,45,47)/t25-,26+,34?,35-,36+,40?,41-,42-,43+/m1/s1. The number of aromatic amines is 1. The van der Waals surface area contributed by atoms with E-state index in [2.05, 4.69) is 77.0 Å². The predicted octanol–water partition coefficient (Wildman–Crippen LogP) is 11.1. The van der Waals surface area contributed by atoms with E-state index in [1.54, 1.807) is 12.7 Å². The number of hydrogen-bond donors (Lipinski definition) is 2. The molecule has 8 rings (SSSR count). The Morgan fingerprint density at radius 2 is 1.69 bits per heavy atom. The first kappa shape index (κ1) is 32.5. The van der Waals surface area contributed by atoms with E-state index in [9.17, 15) is 4.79 Å². The van der Waals surface area contributed by atoms with Gasteiger partial charge >= 0.3 is 0 Å². The van der Waals surface area contributed by atoms with Gasteiger partial charge in [0.25, 0.3) is 0 Å². The molecule has 0 saturated heterocycles. The first-order valence-corrected chi connectivity index (χ1v) is 19.0. The summed E-state index contributed by atoms with van der Waals surface area (Å²) in [6.07, 6.45) is 11.5. The van der Waals surface area contributed by atoms with Crippen LogP contribution in [0.1, 0.15) is 105 Å². The molecule has 3 saturated carbocycles. The van der Waals surface area contributed by atoms with Crippen molar-refractivity contribution in [2.24, 2.45) is 51.2 Å². The number of halogens is 1. The van der Waals surface area contributed by atoms with Crippen molar-refractivity contribution >= 4 is 34.1 Å². The topological polar surface area (TPSA) is 54.1 Å². The summed E-state index contributed by atoms with van der Waals surface area (Å²) >= 11 is 6.60. The van der Waals surface area contributed by atoms with E-state index in [4.69, 9.17) is 16.3 Å². The van der Waals surface area contributed by atoms with E-state index >= 15 is 0 Å². The summed E-state index contributed by atoms with van der Waals surface area (Å²) in [7, 11) is 1.68. The molecule has 0 bridgehead atoms. The van der Waals surface area contributed by atoms with Gasteiger partial charge in [-0.15, -0.1) is 0 Å². The molecular formula is C43H55ClN2O2. The molecule has 2 N–H and O–H groups in total. The lowest BCUT2D eigenvalue weighted by Crippen LogP contribution is -2.65. The number of aromatic nitrogens is 1. The second kappa shape index (κ2) is 10.6. The fourth-order valence-electron chi connectivity index (χ4n) is 13.1. The number of ether oxygens (including phenoxy) is 1. The number of methoxy groups -OCH3 is 1. The first-order chi connectivity index (χ1) is 22.7. The molecular weight excluding hydrogens is 612 g/mol. The van der Waals surface area contributed by atoms with Crippen LogP contribution in [0.5, 0.6) is 5.75 Å². The van der Waals surface area contributed by atoms with Crippen molar-refractivity contribution in [3.05, 3.63) is 70.4 Å². The third-order valence-corrected chi connectivity index (χ3v) is 16.2. The molecule has 9 atom stereocenters.